The van der Waals surface area contributed by atoms with Gasteiger partial charge in [-0.2, -0.15) is 0 Å². The second-order valence-electron chi connectivity index (χ2n) is 3.00. The summed E-state index contributed by atoms with van der Waals surface area (Å²) in [6, 6.07) is 6.05. The van der Waals surface area contributed by atoms with Crippen molar-refractivity contribution in [2.75, 3.05) is 19.0 Å². The molecule has 0 aliphatic rings. The third-order valence-electron chi connectivity index (χ3n) is 1.76. The molecular formula is C10H13N3O4. The number of ether oxygens (including phenoxy) is 1. The smallest absolute Gasteiger partial charge is 0.336 e. The van der Waals surface area contributed by atoms with Gasteiger partial charge in [-0.3, -0.25) is 9.63 Å². The van der Waals surface area contributed by atoms with E-state index < -0.39 is 11.9 Å². The Morgan fingerprint density at radius 3 is 2.71 bits per heavy atom. The van der Waals surface area contributed by atoms with Crippen molar-refractivity contribution in [3.8, 4) is 5.75 Å². The quantitative estimate of drug-likeness (QED) is 0.640. The molecule has 3 amide bonds. The topological polar surface area (TPSA) is 103 Å². The van der Waals surface area contributed by atoms with Crippen LogP contribution in [0.4, 0.5) is 10.5 Å². The van der Waals surface area contributed by atoms with Crippen molar-refractivity contribution in [3.63, 3.8) is 0 Å². The first-order chi connectivity index (χ1) is 8.13. The maximum atomic E-state index is 11.4. The number of nitrogens with two attached hydrogens (primary N) is 1. The Balaban J connectivity index is 2.47. The Morgan fingerprint density at radius 1 is 1.35 bits per heavy atom. The summed E-state index contributed by atoms with van der Waals surface area (Å²) >= 11 is 0. The number of rotatable bonds is 5. The highest BCUT2D eigenvalue weighted by Crippen LogP contribution is 2.22. The molecule has 17 heavy (non-hydrogen) atoms. The molecule has 0 bridgehead atoms. The predicted octanol–water partition coefficient (Wildman–Crippen LogP) is 0.234. The van der Waals surface area contributed by atoms with Crippen molar-refractivity contribution < 1.29 is 19.2 Å². The molecule has 7 heteroatoms. The minimum atomic E-state index is -0.866. The Labute approximate surface area is 97.8 Å². The summed E-state index contributed by atoms with van der Waals surface area (Å²) in [4.78, 5) is 26.2. The van der Waals surface area contributed by atoms with Crippen LogP contribution in [0.3, 0.4) is 0 Å². The first kappa shape index (κ1) is 12.8. The molecule has 4 N–H and O–H groups in total. The van der Waals surface area contributed by atoms with Crippen molar-refractivity contribution in [2.45, 2.75) is 0 Å². The third kappa shape index (κ3) is 4.39. The Kier molecular flexibility index (Phi) is 4.77. The second-order valence-corrected chi connectivity index (χ2v) is 3.00. The van der Waals surface area contributed by atoms with E-state index in [0.717, 1.165) is 0 Å². The minimum Gasteiger partial charge on any atom is -0.495 e. The molecule has 0 atom stereocenters. The molecule has 0 aromatic heterocycles. The van der Waals surface area contributed by atoms with Crippen molar-refractivity contribution >= 4 is 17.6 Å². The fourth-order valence-corrected chi connectivity index (χ4v) is 1.11. The third-order valence-corrected chi connectivity index (χ3v) is 1.76. The second kappa shape index (κ2) is 6.33. The van der Waals surface area contributed by atoms with E-state index in [2.05, 4.69) is 10.2 Å². The van der Waals surface area contributed by atoms with E-state index in [1.165, 1.54) is 7.11 Å². The molecule has 1 aromatic rings. The predicted molar refractivity (Wildman–Crippen MR) is 60.3 cm³/mol. The van der Waals surface area contributed by atoms with Crippen LogP contribution in [-0.4, -0.2) is 25.7 Å². The first-order valence-electron chi connectivity index (χ1n) is 4.73. The molecule has 0 fully saturated rings. The summed E-state index contributed by atoms with van der Waals surface area (Å²) in [5, 5.41) is 2.55. The number of para-hydroxylation sites is 2. The van der Waals surface area contributed by atoms with E-state index >= 15 is 0 Å². The fraction of sp³-hybridized carbons (Fsp3) is 0.200. The Bertz CT molecular complexity index is 408. The molecule has 0 saturated carbocycles. The minimum absolute atomic E-state index is 0.346. The van der Waals surface area contributed by atoms with Crippen LogP contribution in [0.25, 0.3) is 0 Å². The van der Waals surface area contributed by atoms with E-state index in [9.17, 15) is 9.59 Å². The fourth-order valence-electron chi connectivity index (χ4n) is 1.11. The standard InChI is InChI=1S/C10H13N3O4/c1-16-8-5-3-2-4-7(8)12-9(14)6-17-13-10(11)15/h2-5H,6H2,1H3,(H,12,14)(H3,11,13,15). The normalized spacial score (nSPS) is 9.47. The molecule has 7 nitrogen and oxygen atoms in total. The van der Waals surface area contributed by atoms with Crippen LogP contribution in [-0.2, 0) is 9.63 Å². The van der Waals surface area contributed by atoms with Gasteiger partial charge in [0.1, 0.15) is 5.75 Å². The number of methoxy groups -OCH3 is 1. The molecule has 0 saturated heterocycles. The summed E-state index contributed by atoms with van der Waals surface area (Å²) in [6.45, 7) is -0.346. The number of benzene rings is 1. The van der Waals surface area contributed by atoms with Gasteiger partial charge in [0.15, 0.2) is 6.61 Å². The van der Waals surface area contributed by atoms with Crippen LogP contribution in [0.5, 0.6) is 5.75 Å². The molecule has 1 rings (SSSR count). The molecule has 1 aromatic carbocycles. The lowest BCUT2D eigenvalue weighted by Gasteiger charge is -2.09. The lowest BCUT2D eigenvalue weighted by Crippen LogP contribution is -2.32. The van der Waals surface area contributed by atoms with Gasteiger partial charge in [-0.05, 0) is 12.1 Å². The number of carbonyl (C=O) groups excluding carboxylic acids is 2. The number of nitrogens with one attached hydrogen (secondary N) is 2. The monoisotopic (exact) mass is 239 g/mol. The average Bonchev–Trinajstić information content (AvgIpc) is 2.29. The Hall–Kier alpha value is -2.28. The van der Waals surface area contributed by atoms with Crippen molar-refractivity contribution in [3.05, 3.63) is 24.3 Å². The van der Waals surface area contributed by atoms with Gasteiger partial charge in [0.25, 0.3) is 5.91 Å². The zero-order chi connectivity index (χ0) is 12.7. The lowest BCUT2D eigenvalue weighted by atomic mass is 10.3. The van der Waals surface area contributed by atoms with Crippen molar-refractivity contribution in [2.24, 2.45) is 5.73 Å². The zero-order valence-electron chi connectivity index (χ0n) is 9.23. The van der Waals surface area contributed by atoms with Gasteiger partial charge >= 0.3 is 6.03 Å². The zero-order valence-corrected chi connectivity index (χ0v) is 9.23. The van der Waals surface area contributed by atoms with Gasteiger partial charge in [0.05, 0.1) is 12.8 Å². The highest BCUT2D eigenvalue weighted by Gasteiger charge is 2.07. The summed E-state index contributed by atoms with van der Waals surface area (Å²) in [6.07, 6.45) is 0. The van der Waals surface area contributed by atoms with Gasteiger partial charge < -0.3 is 15.8 Å². The summed E-state index contributed by atoms with van der Waals surface area (Å²) in [7, 11) is 1.50. The van der Waals surface area contributed by atoms with Gasteiger partial charge in [-0.1, -0.05) is 12.1 Å². The first-order valence-corrected chi connectivity index (χ1v) is 4.73. The van der Waals surface area contributed by atoms with E-state index in [-0.39, 0.29) is 6.61 Å². The maximum Gasteiger partial charge on any atom is 0.336 e. The van der Waals surface area contributed by atoms with Crippen LogP contribution in [0.15, 0.2) is 24.3 Å². The lowest BCUT2D eigenvalue weighted by molar-refractivity contribution is -0.122. The van der Waals surface area contributed by atoms with E-state index in [4.69, 9.17) is 10.5 Å². The number of amides is 3. The van der Waals surface area contributed by atoms with Crippen molar-refractivity contribution in [1.82, 2.24) is 5.48 Å². The number of urea groups is 1. The van der Waals surface area contributed by atoms with Gasteiger partial charge in [-0.15, -0.1) is 0 Å². The van der Waals surface area contributed by atoms with Crippen LogP contribution in [0, 0.1) is 0 Å². The number of hydroxylamine groups is 1. The molecule has 92 valence electrons. The summed E-state index contributed by atoms with van der Waals surface area (Å²) in [5.74, 6) is 0.0898. The van der Waals surface area contributed by atoms with E-state index in [1.807, 2.05) is 5.48 Å². The van der Waals surface area contributed by atoms with Crippen LogP contribution >= 0.6 is 0 Å². The molecule has 0 radical (unpaired) electrons. The summed E-state index contributed by atoms with van der Waals surface area (Å²) < 4.78 is 5.04. The highest BCUT2D eigenvalue weighted by molar-refractivity contribution is 5.93. The van der Waals surface area contributed by atoms with Gasteiger partial charge in [0.2, 0.25) is 0 Å². The van der Waals surface area contributed by atoms with E-state index in [1.54, 1.807) is 24.3 Å². The molecule has 0 aliphatic carbocycles. The SMILES string of the molecule is COc1ccccc1NC(=O)CONC(N)=O. The van der Waals surface area contributed by atoms with E-state index in [0.29, 0.717) is 11.4 Å². The van der Waals surface area contributed by atoms with Crippen LogP contribution in [0.1, 0.15) is 0 Å². The number of anilines is 1. The van der Waals surface area contributed by atoms with Gasteiger partial charge in [-0.25, -0.2) is 10.3 Å². The average molecular weight is 239 g/mol. The molecule has 0 spiro atoms. The number of hydrogen-bond acceptors (Lipinski definition) is 4. The van der Waals surface area contributed by atoms with Crippen molar-refractivity contribution in [1.29, 1.82) is 0 Å². The number of hydrogen-bond donors (Lipinski definition) is 3. The summed E-state index contributed by atoms with van der Waals surface area (Å²) in [5.41, 5.74) is 7.10. The highest BCUT2D eigenvalue weighted by atomic mass is 16.7. The largest absolute Gasteiger partial charge is 0.495 e. The van der Waals surface area contributed by atoms with Crippen LogP contribution < -0.4 is 21.3 Å². The Morgan fingerprint density at radius 2 is 2.06 bits per heavy atom. The molecule has 0 aliphatic heterocycles. The molecule has 0 unspecified atom stereocenters. The maximum absolute atomic E-state index is 11.4. The van der Waals surface area contributed by atoms with Crippen LogP contribution in [0.2, 0.25) is 0 Å². The van der Waals surface area contributed by atoms with Gasteiger partial charge in [0, 0.05) is 0 Å². The number of primary amides is 1. The molecular weight excluding hydrogens is 226 g/mol. The molecule has 0 heterocycles. The number of carbonyl (C=O) groups is 2.